The molecule has 1 aliphatic heterocycles. The van der Waals surface area contributed by atoms with Gasteiger partial charge in [-0.15, -0.1) is 0 Å². The van der Waals surface area contributed by atoms with Gasteiger partial charge in [0.25, 0.3) is 5.92 Å². The maximum absolute atomic E-state index is 12.9. The number of hydrogen-bond acceptors (Lipinski definition) is 2. The molecule has 98 valence electrons. The van der Waals surface area contributed by atoms with E-state index in [2.05, 4.69) is 10.6 Å². The average molecular weight is 246 g/mol. The van der Waals surface area contributed by atoms with Crippen molar-refractivity contribution in [3.8, 4) is 0 Å². The smallest absolute Gasteiger partial charge is 0.262 e. The van der Waals surface area contributed by atoms with Crippen molar-refractivity contribution in [1.82, 2.24) is 10.6 Å². The van der Waals surface area contributed by atoms with E-state index in [1.54, 1.807) is 0 Å². The fourth-order valence-corrected chi connectivity index (χ4v) is 2.66. The second-order valence-corrected chi connectivity index (χ2v) is 5.24. The van der Waals surface area contributed by atoms with Crippen LogP contribution in [0.1, 0.15) is 38.5 Å². The predicted molar refractivity (Wildman–Crippen MR) is 60.9 cm³/mol. The Morgan fingerprint density at radius 3 is 2.59 bits per heavy atom. The minimum atomic E-state index is -2.73. The molecule has 1 saturated heterocycles. The molecule has 1 unspecified atom stereocenters. The summed E-state index contributed by atoms with van der Waals surface area (Å²) in [5.74, 6) is -2.46. The van der Waals surface area contributed by atoms with E-state index in [0.717, 1.165) is 12.8 Å². The van der Waals surface area contributed by atoms with Crippen LogP contribution in [0.4, 0.5) is 8.78 Å². The number of carbonyl (C=O) groups excluding carboxylic acids is 1. The van der Waals surface area contributed by atoms with Gasteiger partial charge in [-0.25, -0.2) is 8.78 Å². The van der Waals surface area contributed by atoms with Crippen LogP contribution in [0.25, 0.3) is 0 Å². The van der Waals surface area contributed by atoms with E-state index in [1.165, 1.54) is 19.3 Å². The SMILES string of the molecule is O=C(NCC1CCCCC1)C1CC(F)(F)CN1. The molecule has 1 amide bonds. The fourth-order valence-electron chi connectivity index (χ4n) is 2.66. The van der Waals surface area contributed by atoms with Crippen molar-refractivity contribution in [2.75, 3.05) is 13.1 Å². The normalized spacial score (nSPS) is 29.2. The Hall–Kier alpha value is -0.710. The van der Waals surface area contributed by atoms with Crippen LogP contribution in [-0.4, -0.2) is 31.0 Å². The van der Waals surface area contributed by atoms with E-state index in [9.17, 15) is 13.6 Å². The highest BCUT2D eigenvalue weighted by Crippen LogP contribution is 2.26. The third-order valence-electron chi connectivity index (χ3n) is 3.72. The molecular weight excluding hydrogens is 226 g/mol. The monoisotopic (exact) mass is 246 g/mol. The van der Waals surface area contributed by atoms with Crippen molar-refractivity contribution in [3.05, 3.63) is 0 Å². The molecule has 0 aromatic rings. The Morgan fingerprint density at radius 1 is 1.29 bits per heavy atom. The Bertz CT molecular complexity index is 278. The highest BCUT2D eigenvalue weighted by atomic mass is 19.3. The van der Waals surface area contributed by atoms with Gasteiger partial charge in [0.05, 0.1) is 12.6 Å². The number of hydrogen-bond donors (Lipinski definition) is 2. The van der Waals surface area contributed by atoms with E-state index in [-0.39, 0.29) is 18.9 Å². The van der Waals surface area contributed by atoms with Gasteiger partial charge in [-0.3, -0.25) is 10.1 Å². The predicted octanol–water partition coefficient (Wildman–Crippen LogP) is 1.68. The molecule has 0 aromatic heterocycles. The zero-order valence-electron chi connectivity index (χ0n) is 9.98. The Morgan fingerprint density at radius 2 is 2.00 bits per heavy atom. The molecule has 0 radical (unpaired) electrons. The Balaban J connectivity index is 1.70. The van der Waals surface area contributed by atoms with Crippen LogP contribution in [0.2, 0.25) is 0 Å². The van der Waals surface area contributed by atoms with Gasteiger partial charge in [-0.05, 0) is 18.8 Å². The van der Waals surface area contributed by atoms with Crippen molar-refractivity contribution in [2.45, 2.75) is 50.5 Å². The van der Waals surface area contributed by atoms with E-state index in [4.69, 9.17) is 0 Å². The highest BCUT2D eigenvalue weighted by Gasteiger charge is 2.42. The minimum absolute atomic E-state index is 0.271. The quantitative estimate of drug-likeness (QED) is 0.795. The summed E-state index contributed by atoms with van der Waals surface area (Å²) in [6.07, 6.45) is 5.65. The largest absolute Gasteiger partial charge is 0.354 e. The number of rotatable bonds is 3. The Kier molecular flexibility index (Phi) is 3.97. The zero-order valence-corrected chi connectivity index (χ0v) is 9.98. The number of alkyl halides is 2. The second-order valence-electron chi connectivity index (χ2n) is 5.24. The summed E-state index contributed by atoms with van der Waals surface area (Å²) in [5, 5.41) is 5.37. The van der Waals surface area contributed by atoms with Crippen molar-refractivity contribution in [2.24, 2.45) is 5.92 Å². The molecule has 0 bridgehead atoms. The molecule has 1 heterocycles. The van der Waals surface area contributed by atoms with E-state index >= 15 is 0 Å². The van der Waals surface area contributed by atoms with Crippen LogP contribution < -0.4 is 10.6 Å². The summed E-state index contributed by atoms with van der Waals surface area (Å²) >= 11 is 0. The first-order chi connectivity index (χ1) is 8.07. The minimum Gasteiger partial charge on any atom is -0.354 e. The van der Waals surface area contributed by atoms with Gasteiger partial charge < -0.3 is 5.32 Å². The van der Waals surface area contributed by atoms with Crippen LogP contribution in [0.5, 0.6) is 0 Å². The molecule has 1 atom stereocenters. The molecule has 2 rings (SSSR count). The number of amides is 1. The molecular formula is C12H20F2N2O. The lowest BCUT2D eigenvalue weighted by molar-refractivity contribution is -0.123. The third kappa shape index (κ3) is 3.63. The number of halogens is 2. The lowest BCUT2D eigenvalue weighted by atomic mass is 9.89. The molecule has 17 heavy (non-hydrogen) atoms. The first-order valence-electron chi connectivity index (χ1n) is 6.46. The van der Waals surface area contributed by atoms with Gasteiger partial charge in [0.1, 0.15) is 0 Å². The molecule has 3 nitrogen and oxygen atoms in total. The standard InChI is InChI=1S/C12H20F2N2O/c13-12(14)6-10(16-8-12)11(17)15-7-9-4-2-1-3-5-9/h9-10,16H,1-8H2,(H,15,17). The van der Waals surface area contributed by atoms with Crippen molar-refractivity contribution >= 4 is 5.91 Å². The molecule has 2 fully saturated rings. The summed E-state index contributed by atoms with van der Waals surface area (Å²) in [6, 6.07) is -0.714. The van der Waals surface area contributed by atoms with Gasteiger partial charge in [-0.2, -0.15) is 0 Å². The van der Waals surface area contributed by atoms with Crippen LogP contribution in [0.3, 0.4) is 0 Å². The van der Waals surface area contributed by atoms with Gasteiger partial charge in [-0.1, -0.05) is 19.3 Å². The van der Waals surface area contributed by atoms with Crippen LogP contribution in [0, 0.1) is 5.92 Å². The Labute approximate surface area is 100 Å². The van der Waals surface area contributed by atoms with Gasteiger partial charge in [0, 0.05) is 13.0 Å². The third-order valence-corrected chi connectivity index (χ3v) is 3.72. The van der Waals surface area contributed by atoms with Crippen molar-refractivity contribution < 1.29 is 13.6 Å². The summed E-state index contributed by atoms with van der Waals surface area (Å²) < 4.78 is 25.8. The lowest BCUT2D eigenvalue weighted by Gasteiger charge is -2.22. The molecule has 2 aliphatic rings. The lowest BCUT2D eigenvalue weighted by Crippen LogP contribution is -2.42. The molecule has 0 aromatic carbocycles. The van der Waals surface area contributed by atoms with Crippen LogP contribution in [-0.2, 0) is 4.79 Å². The van der Waals surface area contributed by atoms with Crippen molar-refractivity contribution in [3.63, 3.8) is 0 Å². The molecule has 0 spiro atoms. The molecule has 1 saturated carbocycles. The highest BCUT2D eigenvalue weighted by molar-refractivity contribution is 5.82. The maximum Gasteiger partial charge on any atom is 0.262 e. The molecule has 5 heteroatoms. The summed E-state index contributed by atoms with van der Waals surface area (Å²) in [5.41, 5.74) is 0. The first kappa shape index (κ1) is 12.7. The van der Waals surface area contributed by atoms with E-state index < -0.39 is 12.0 Å². The molecule has 2 N–H and O–H groups in total. The zero-order chi connectivity index (χ0) is 12.3. The fraction of sp³-hybridized carbons (Fsp3) is 0.917. The second kappa shape index (κ2) is 5.29. The van der Waals surface area contributed by atoms with Gasteiger partial charge >= 0.3 is 0 Å². The first-order valence-corrected chi connectivity index (χ1v) is 6.46. The van der Waals surface area contributed by atoms with Crippen LogP contribution >= 0.6 is 0 Å². The van der Waals surface area contributed by atoms with Crippen molar-refractivity contribution in [1.29, 1.82) is 0 Å². The van der Waals surface area contributed by atoms with Gasteiger partial charge in [0.2, 0.25) is 5.91 Å². The van der Waals surface area contributed by atoms with E-state index in [0.29, 0.717) is 12.5 Å². The summed E-state index contributed by atoms with van der Waals surface area (Å²) in [4.78, 5) is 11.7. The summed E-state index contributed by atoms with van der Waals surface area (Å²) in [7, 11) is 0. The number of nitrogens with one attached hydrogen (secondary N) is 2. The molecule has 1 aliphatic carbocycles. The average Bonchev–Trinajstić information content (AvgIpc) is 2.68. The summed E-state index contributed by atoms with van der Waals surface area (Å²) in [6.45, 7) is 0.261. The maximum atomic E-state index is 12.9. The van der Waals surface area contributed by atoms with Gasteiger partial charge in [0.15, 0.2) is 0 Å². The van der Waals surface area contributed by atoms with Crippen LogP contribution in [0.15, 0.2) is 0 Å². The number of carbonyl (C=O) groups is 1. The topological polar surface area (TPSA) is 41.1 Å². The van der Waals surface area contributed by atoms with E-state index in [1.807, 2.05) is 0 Å².